The van der Waals surface area contributed by atoms with Gasteiger partial charge in [-0.2, -0.15) is 0 Å². The van der Waals surface area contributed by atoms with Crippen LogP contribution in [0.1, 0.15) is 35.8 Å². The third kappa shape index (κ3) is 3.21. The number of aryl methyl sites for hydroxylation is 3. The van der Waals surface area contributed by atoms with Gasteiger partial charge < -0.3 is 19.3 Å². The molecule has 0 aromatic carbocycles. The van der Waals surface area contributed by atoms with Crippen LogP contribution in [0, 0.1) is 13.8 Å². The zero-order chi connectivity index (χ0) is 15.6. The van der Waals surface area contributed by atoms with Crippen LogP contribution in [0.25, 0.3) is 0 Å². The van der Waals surface area contributed by atoms with Gasteiger partial charge in [-0.15, -0.1) is 10.2 Å². The molecule has 21 heavy (non-hydrogen) atoms. The van der Waals surface area contributed by atoms with Crippen molar-refractivity contribution in [2.24, 2.45) is 7.05 Å². The van der Waals surface area contributed by atoms with Crippen molar-refractivity contribution < 1.29 is 9.32 Å². The summed E-state index contributed by atoms with van der Waals surface area (Å²) in [6.45, 7) is 6.01. The van der Waals surface area contributed by atoms with Crippen molar-refractivity contribution in [1.29, 1.82) is 0 Å². The molecule has 2 amide bonds. The number of amides is 2. The largest absolute Gasteiger partial charge is 0.361 e. The molecule has 2 heterocycles. The second-order valence-corrected chi connectivity index (χ2v) is 5.13. The van der Waals surface area contributed by atoms with Gasteiger partial charge in [0.25, 0.3) is 0 Å². The van der Waals surface area contributed by atoms with Crippen molar-refractivity contribution in [2.45, 2.75) is 33.4 Å². The molecule has 0 saturated carbocycles. The standard InChI is InChI=1S/C13H20N6O2/c1-8-11(10(3)21-17-8)6-18(4)13(20)15-9(2)12-16-14-7-19(12)5/h7,9H,6H2,1-5H3,(H,15,20)/t9-/m0/s1. The second kappa shape index (κ2) is 5.94. The molecule has 2 aromatic rings. The molecule has 8 nitrogen and oxygen atoms in total. The summed E-state index contributed by atoms with van der Waals surface area (Å²) in [7, 11) is 3.57. The first-order valence-corrected chi connectivity index (χ1v) is 6.67. The Morgan fingerprint density at radius 3 is 2.76 bits per heavy atom. The number of nitrogens with zero attached hydrogens (tertiary/aromatic N) is 5. The number of carbonyl (C=O) groups excluding carboxylic acids is 1. The lowest BCUT2D eigenvalue weighted by molar-refractivity contribution is 0.202. The first kappa shape index (κ1) is 15.0. The summed E-state index contributed by atoms with van der Waals surface area (Å²) in [6, 6.07) is -0.414. The quantitative estimate of drug-likeness (QED) is 0.918. The van der Waals surface area contributed by atoms with E-state index < -0.39 is 0 Å². The summed E-state index contributed by atoms with van der Waals surface area (Å²) in [5, 5.41) is 14.6. The van der Waals surface area contributed by atoms with E-state index in [0.29, 0.717) is 12.4 Å². The number of rotatable bonds is 4. The van der Waals surface area contributed by atoms with E-state index in [0.717, 1.165) is 17.0 Å². The van der Waals surface area contributed by atoms with E-state index >= 15 is 0 Å². The minimum absolute atomic E-state index is 0.189. The predicted molar refractivity (Wildman–Crippen MR) is 75.4 cm³/mol. The van der Waals surface area contributed by atoms with Crippen LogP contribution in [-0.4, -0.2) is 37.9 Å². The Labute approximate surface area is 123 Å². The lowest BCUT2D eigenvalue weighted by Gasteiger charge is -2.20. The van der Waals surface area contributed by atoms with Gasteiger partial charge >= 0.3 is 6.03 Å². The molecule has 0 spiro atoms. The maximum absolute atomic E-state index is 12.2. The van der Waals surface area contributed by atoms with Gasteiger partial charge in [-0.25, -0.2) is 4.79 Å². The molecule has 0 aliphatic rings. The molecule has 1 N–H and O–H groups in total. The van der Waals surface area contributed by atoms with Gasteiger partial charge in [0.1, 0.15) is 12.1 Å². The Bertz CT molecular complexity index is 613. The summed E-state index contributed by atoms with van der Waals surface area (Å²) >= 11 is 0. The Morgan fingerprint density at radius 2 is 2.24 bits per heavy atom. The van der Waals surface area contributed by atoms with Crippen LogP contribution in [0.2, 0.25) is 0 Å². The fourth-order valence-electron chi connectivity index (χ4n) is 2.08. The van der Waals surface area contributed by atoms with Gasteiger partial charge in [0.2, 0.25) is 0 Å². The molecule has 2 aromatic heterocycles. The molecule has 114 valence electrons. The molecule has 0 bridgehead atoms. The SMILES string of the molecule is Cc1noc(C)c1CN(C)C(=O)N[C@@H](C)c1nncn1C. The predicted octanol–water partition coefficient (Wildman–Crippen LogP) is 1.32. The number of carbonyl (C=O) groups is 1. The molecule has 8 heteroatoms. The normalized spacial score (nSPS) is 12.2. The van der Waals surface area contributed by atoms with E-state index in [1.807, 2.05) is 27.8 Å². The third-order valence-corrected chi connectivity index (χ3v) is 3.40. The summed E-state index contributed by atoms with van der Waals surface area (Å²) in [5.74, 6) is 1.43. The van der Waals surface area contributed by atoms with E-state index in [1.54, 1.807) is 22.8 Å². The average molecular weight is 292 g/mol. The summed E-state index contributed by atoms with van der Waals surface area (Å²) in [5.41, 5.74) is 1.73. The molecule has 0 saturated heterocycles. The molecule has 0 radical (unpaired) electrons. The maximum atomic E-state index is 12.2. The molecule has 0 aliphatic heterocycles. The first-order chi connectivity index (χ1) is 9.90. The monoisotopic (exact) mass is 292 g/mol. The molecule has 2 rings (SSSR count). The second-order valence-electron chi connectivity index (χ2n) is 5.13. The average Bonchev–Trinajstić information content (AvgIpc) is 2.99. The van der Waals surface area contributed by atoms with Crippen molar-refractivity contribution in [3.8, 4) is 0 Å². The molecular formula is C13H20N6O2. The van der Waals surface area contributed by atoms with Gasteiger partial charge in [0, 0.05) is 19.7 Å². The fourth-order valence-corrected chi connectivity index (χ4v) is 2.08. The zero-order valence-corrected chi connectivity index (χ0v) is 12.9. The molecule has 1 atom stereocenters. The van der Waals surface area contributed by atoms with Crippen molar-refractivity contribution in [1.82, 2.24) is 30.1 Å². The van der Waals surface area contributed by atoms with Crippen LogP contribution in [0.5, 0.6) is 0 Å². The summed E-state index contributed by atoms with van der Waals surface area (Å²) in [4.78, 5) is 13.8. The van der Waals surface area contributed by atoms with Crippen LogP contribution in [-0.2, 0) is 13.6 Å². The lowest BCUT2D eigenvalue weighted by atomic mass is 10.2. The Morgan fingerprint density at radius 1 is 1.52 bits per heavy atom. The highest BCUT2D eigenvalue weighted by Crippen LogP contribution is 2.15. The molecular weight excluding hydrogens is 272 g/mol. The van der Waals surface area contributed by atoms with Gasteiger partial charge in [0.05, 0.1) is 18.3 Å². The van der Waals surface area contributed by atoms with Crippen LogP contribution >= 0.6 is 0 Å². The highest BCUT2D eigenvalue weighted by atomic mass is 16.5. The zero-order valence-electron chi connectivity index (χ0n) is 12.9. The molecule has 0 unspecified atom stereocenters. The number of hydrogen-bond donors (Lipinski definition) is 1. The lowest BCUT2D eigenvalue weighted by Crippen LogP contribution is -2.39. The minimum atomic E-state index is -0.225. The fraction of sp³-hybridized carbons (Fsp3) is 0.538. The van der Waals surface area contributed by atoms with Crippen molar-refractivity contribution >= 4 is 6.03 Å². The minimum Gasteiger partial charge on any atom is -0.361 e. The summed E-state index contributed by atoms with van der Waals surface area (Å²) < 4.78 is 6.88. The van der Waals surface area contributed by atoms with Crippen LogP contribution in [0.3, 0.4) is 0 Å². The van der Waals surface area contributed by atoms with Crippen molar-refractivity contribution in [3.63, 3.8) is 0 Å². The van der Waals surface area contributed by atoms with Gasteiger partial charge in [-0.1, -0.05) is 5.16 Å². The Kier molecular flexibility index (Phi) is 4.25. The van der Waals surface area contributed by atoms with E-state index in [2.05, 4.69) is 20.7 Å². The van der Waals surface area contributed by atoms with E-state index in [-0.39, 0.29) is 12.1 Å². The summed E-state index contributed by atoms with van der Waals surface area (Å²) in [6.07, 6.45) is 1.60. The van der Waals surface area contributed by atoms with E-state index in [9.17, 15) is 4.79 Å². The molecule has 0 aliphatic carbocycles. The molecule has 0 fully saturated rings. The Hall–Kier alpha value is -2.38. The number of nitrogens with one attached hydrogen (secondary N) is 1. The topological polar surface area (TPSA) is 89.1 Å². The first-order valence-electron chi connectivity index (χ1n) is 6.67. The van der Waals surface area contributed by atoms with Crippen molar-refractivity contribution in [2.75, 3.05) is 7.05 Å². The number of aromatic nitrogens is 4. The van der Waals surface area contributed by atoms with E-state index in [4.69, 9.17) is 4.52 Å². The van der Waals surface area contributed by atoms with Gasteiger partial charge in [-0.3, -0.25) is 0 Å². The number of urea groups is 1. The van der Waals surface area contributed by atoms with Crippen LogP contribution < -0.4 is 5.32 Å². The highest BCUT2D eigenvalue weighted by molar-refractivity contribution is 5.74. The van der Waals surface area contributed by atoms with Crippen LogP contribution in [0.15, 0.2) is 10.9 Å². The maximum Gasteiger partial charge on any atom is 0.318 e. The van der Waals surface area contributed by atoms with Gasteiger partial charge in [-0.05, 0) is 20.8 Å². The van der Waals surface area contributed by atoms with Crippen LogP contribution in [0.4, 0.5) is 4.79 Å². The van der Waals surface area contributed by atoms with Gasteiger partial charge in [0.15, 0.2) is 5.82 Å². The van der Waals surface area contributed by atoms with Crippen molar-refractivity contribution in [3.05, 3.63) is 29.2 Å². The number of hydrogen-bond acceptors (Lipinski definition) is 5. The highest BCUT2D eigenvalue weighted by Gasteiger charge is 2.19. The smallest absolute Gasteiger partial charge is 0.318 e. The van der Waals surface area contributed by atoms with E-state index in [1.165, 1.54) is 0 Å². The third-order valence-electron chi connectivity index (χ3n) is 3.40. The Balaban J connectivity index is 1.99.